The van der Waals surface area contributed by atoms with Crippen LogP contribution >= 0.6 is 0 Å². The smallest absolute Gasteiger partial charge is 0.231 e. The number of nitrogens with one attached hydrogen (secondary N) is 1. The van der Waals surface area contributed by atoms with E-state index < -0.39 is 0 Å². The molecule has 4 nitrogen and oxygen atoms in total. The minimum atomic E-state index is 0.332. The Morgan fingerprint density at radius 2 is 2.12 bits per heavy atom. The molecule has 1 aromatic carbocycles. The molecule has 4 heteroatoms. The van der Waals surface area contributed by atoms with Gasteiger partial charge in [-0.3, -0.25) is 0 Å². The van der Waals surface area contributed by atoms with Crippen LogP contribution < -0.4 is 14.8 Å². The minimum absolute atomic E-state index is 0.332. The van der Waals surface area contributed by atoms with Crippen LogP contribution in [-0.4, -0.2) is 33.1 Å². The van der Waals surface area contributed by atoms with E-state index in [1.807, 2.05) is 6.07 Å². The molecule has 2 heterocycles. The van der Waals surface area contributed by atoms with Crippen molar-refractivity contribution in [1.82, 2.24) is 5.32 Å². The van der Waals surface area contributed by atoms with Crippen LogP contribution in [0.3, 0.4) is 0 Å². The lowest BCUT2D eigenvalue weighted by molar-refractivity contribution is 0.141. The summed E-state index contributed by atoms with van der Waals surface area (Å²) in [4.78, 5) is 0. The predicted octanol–water partition coefficient (Wildman–Crippen LogP) is 1.12. The maximum absolute atomic E-state index is 5.55. The van der Waals surface area contributed by atoms with Crippen LogP contribution in [0.5, 0.6) is 11.5 Å². The Morgan fingerprint density at radius 3 is 3.12 bits per heavy atom. The Bertz CT molecular complexity index is 373. The number of hydrogen-bond acceptors (Lipinski definition) is 4. The van der Waals surface area contributed by atoms with Gasteiger partial charge in [-0.15, -0.1) is 0 Å². The predicted molar refractivity (Wildman–Crippen MR) is 59.0 cm³/mol. The minimum Gasteiger partial charge on any atom is -0.454 e. The van der Waals surface area contributed by atoms with E-state index in [0.717, 1.165) is 37.8 Å². The van der Waals surface area contributed by atoms with Crippen molar-refractivity contribution in [3.8, 4) is 11.5 Å². The SMILES string of the molecule is c1cc2c(cc1C1CNCCOC1)OCO2. The highest BCUT2D eigenvalue weighted by Crippen LogP contribution is 2.34. The van der Waals surface area contributed by atoms with Crippen molar-refractivity contribution in [1.29, 1.82) is 0 Å². The van der Waals surface area contributed by atoms with Gasteiger partial charge in [-0.1, -0.05) is 6.07 Å². The van der Waals surface area contributed by atoms with E-state index in [-0.39, 0.29) is 0 Å². The van der Waals surface area contributed by atoms with E-state index >= 15 is 0 Å². The van der Waals surface area contributed by atoms with Gasteiger partial charge in [0.15, 0.2) is 11.5 Å². The third-order valence-corrected chi connectivity index (χ3v) is 3.00. The summed E-state index contributed by atoms with van der Waals surface area (Å²) in [7, 11) is 0. The van der Waals surface area contributed by atoms with Crippen LogP contribution in [0.15, 0.2) is 18.2 Å². The summed E-state index contributed by atoms with van der Waals surface area (Å²) in [6.45, 7) is 3.78. The lowest BCUT2D eigenvalue weighted by Crippen LogP contribution is -2.21. The molecule has 2 aliphatic rings. The van der Waals surface area contributed by atoms with Gasteiger partial charge in [0.1, 0.15) is 0 Å². The normalized spacial score (nSPS) is 24.1. The number of fused-ring (bicyclic) bond motifs is 1. The molecule has 0 spiro atoms. The van der Waals surface area contributed by atoms with E-state index in [0.29, 0.717) is 12.7 Å². The molecule has 1 fully saturated rings. The molecule has 2 aliphatic heterocycles. The summed E-state index contributed by atoms with van der Waals surface area (Å²) in [5.74, 6) is 2.09. The molecule has 0 amide bonds. The number of benzene rings is 1. The van der Waals surface area contributed by atoms with Gasteiger partial charge in [0.05, 0.1) is 13.2 Å². The first kappa shape index (κ1) is 9.93. The maximum Gasteiger partial charge on any atom is 0.231 e. The fourth-order valence-corrected chi connectivity index (χ4v) is 2.09. The van der Waals surface area contributed by atoms with Crippen LogP contribution in [-0.2, 0) is 4.74 Å². The van der Waals surface area contributed by atoms with Crippen LogP contribution in [0, 0.1) is 0 Å². The average molecular weight is 221 g/mol. The molecule has 3 rings (SSSR count). The average Bonchev–Trinajstić information content (AvgIpc) is 2.61. The van der Waals surface area contributed by atoms with Crippen molar-refractivity contribution in [2.45, 2.75) is 5.92 Å². The third kappa shape index (κ3) is 1.86. The van der Waals surface area contributed by atoms with Gasteiger partial charge in [0, 0.05) is 19.0 Å². The van der Waals surface area contributed by atoms with Gasteiger partial charge >= 0.3 is 0 Å². The summed E-state index contributed by atoms with van der Waals surface area (Å²) in [5, 5.41) is 3.37. The van der Waals surface area contributed by atoms with Gasteiger partial charge < -0.3 is 19.5 Å². The Kier molecular flexibility index (Phi) is 2.68. The Labute approximate surface area is 94.5 Å². The molecule has 86 valence electrons. The van der Waals surface area contributed by atoms with Gasteiger partial charge in [-0.2, -0.15) is 0 Å². The van der Waals surface area contributed by atoms with Gasteiger partial charge in [-0.25, -0.2) is 0 Å². The van der Waals surface area contributed by atoms with Crippen molar-refractivity contribution in [3.05, 3.63) is 23.8 Å². The lowest BCUT2D eigenvalue weighted by atomic mass is 9.99. The first-order valence-electron chi connectivity index (χ1n) is 5.61. The molecule has 1 atom stereocenters. The first-order chi connectivity index (χ1) is 7.93. The fraction of sp³-hybridized carbons (Fsp3) is 0.500. The molecular formula is C12H15NO3. The molecule has 0 saturated carbocycles. The maximum atomic E-state index is 5.55. The topological polar surface area (TPSA) is 39.7 Å². The largest absolute Gasteiger partial charge is 0.454 e. The van der Waals surface area contributed by atoms with E-state index in [4.69, 9.17) is 14.2 Å². The van der Waals surface area contributed by atoms with Crippen LogP contribution in [0.25, 0.3) is 0 Å². The number of rotatable bonds is 1. The van der Waals surface area contributed by atoms with Crippen LogP contribution in [0.1, 0.15) is 11.5 Å². The summed E-state index contributed by atoms with van der Waals surface area (Å²) in [6, 6.07) is 6.13. The summed E-state index contributed by atoms with van der Waals surface area (Å²) >= 11 is 0. The molecule has 0 aliphatic carbocycles. The highest BCUT2D eigenvalue weighted by atomic mass is 16.7. The lowest BCUT2D eigenvalue weighted by Gasteiger charge is -2.14. The number of ether oxygens (including phenoxy) is 3. The molecule has 1 N–H and O–H groups in total. The second-order valence-electron chi connectivity index (χ2n) is 4.09. The Hall–Kier alpha value is -1.26. The zero-order valence-electron chi connectivity index (χ0n) is 9.07. The van der Waals surface area contributed by atoms with Crippen LogP contribution in [0.2, 0.25) is 0 Å². The van der Waals surface area contributed by atoms with Crippen molar-refractivity contribution in [2.24, 2.45) is 0 Å². The Balaban J connectivity index is 1.82. The molecule has 1 aromatic rings. The summed E-state index contributed by atoms with van der Waals surface area (Å²) in [6.07, 6.45) is 0. The van der Waals surface area contributed by atoms with E-state index in [9.17, 15) is 0 Å². The van der Waals surface area contributed by atoms with Gasteiger partial charge in [0.2, 0.25) is 6.79 Å². The van der Waals surface area contributed by atoms with Crippen molar-refractivity contribution in [2.75, 3.05) is 33.1 Å². The molecule has 0 aromatic heterocycles. The molecule has 1 saturated heterocycles. The fourth-order valence-electron chi connectivity index (χ4n) is 2.09. The van der Waals surface area contributed by atoms with Crippen molar-refractivity contribution < 1.29 is 14.2 Å². The second kappa shape index (κ2) is 4.31. The van der Waals surface area contributed by atoms with Gasteiger partial charge in [-0.05, 0) is 17.7 Å². The monoisotopic (exact) mass is 221 g/mol. The Morgan fingerprint density at radius 1 is 1.19 bits per heavy atom. The standard InChI is InChI=1S/C12H15NO3/c1-2-11-12(16-8-15-11)5-9(1)10-6-13-3-4-14-7-10/h1-2,5,10,13H,3-4,6-8H2. The molecular weight excluding hydrogens is 206 g/mol. The zero-order chi connectivity index (χ0) is 10.8. The molecule has 0 bridgehead atoms. The number of hydrogen-bond donors (Lipinski definition) is 1. The molecule has 1 unspecified atom stereocenters. The quantitative estimate of drug-likeness (QED) is 0.771. The summed E-state index contributed by atoms with van der Waals surface area (Å²) in [5.41, 5.74) is 1.25. The van der Waals surface area contributed by atoms with Crippen molar-refractivity contribution >= 4 is 0 Å². The second-order valence-corrected chi connectivity index (χ2v) is 4.09. The first-order valence-corrected chi connectivity index (χ1v) is 5.61. The highest BCUT2D eigenvalue weighted by molar-refractivity contribution is 5.45. The highest BCUT2D eigenvalue weighted by Gasteiger charge is 2.19. The molecule has 0 radical (unpaired) electrons. The van der Waals surface area contributed by atoms with E-state index in [2.05, 4.69) is 17.4 Å². The van der Waals surface area contributed by atoms with E-state index in [1.165, 1.54) is 5.56 Å². The van der Waals surface area contributed by atoms with Gasteiger partial charge in [0.25, 0.3) is 0 Å². The van der Waals surface area contributed by atoms with E-state index in [1.54, 1.807) is 0 Å². The third-order valence-electron chi connectivity index (χ3n) is 3.00. The van der Waals surface area contributed by atoms with Crippen molar-refractivity contribution in [3.63, 3.8) is 0 Å². The van der Waals surface area contributed by atoms with Crippen LogP contribution in [0.4, 0.5) is 0 Å². The summed E-state index contributed by atoms with van der Waals surface area (Å²) < 4.78 is 16.2. The molecule has 16 heavy (non-hydrogen) atoms. The zero-order valence-corrected chi connectivity index (χ0v) is 9.07.